The molecule has 7 heteroatoms. The van der Waals surface area contributed by atoms with Gasteiger partial charge in [0.2, 0.25) is 0 Å². The molecule has 0 bridgehead atoms. The van der Waals surface area contributed by atoms with Gasteiger partial charge in [-0.05, 0) is 123 Å². The summed E-state index contributed by atoms with van der Waals surface area (Å²) in [5.74, 6) is 5.65. The van der Waals surface area contributed by atoms with Gasteiger partial charge in [0, 0.05) is 66.1 Å². The molecule has 1 aliphatic rings. The van der Waals surface area contributed by atoms with Crippen molar-refractivity contribution < 1.29 is 23.7 Å². The summed E-state index contributed by atoms with van der Waals surface area (Å²) >= 11 is 0. The molecule has 0 saturated heterocycles. The third kappa shape index (κ3) is 11.6. The third-order valence-corrected chi connectivity index (χ3v) is 20.5. The smallest absolute Gasteiger partial charge is 0.139 e. The van der Waals surface area contributed by atoms with Crippen LogP contribution in [-0.4, -0.2) is 28.4 Å². The van der Waals surface area contributed by atoms with Crippen LogP contribution in [-0.2, 0) is 43.3 Å². The van der Waals surface area contributed by atoms with Crippen molar-refractivity contribution in [3.05, 3.63) is 141 Å². The molecule has 6 aromatic carbocycles. The number of hydrogen-bond donors (Lipinski definition) is 0. The first-order chi connectivity index (χ1) is 35.7. The Kier molecular flexibility index (Phi) is 16.3. The van der Waals surface area contributed by atoms with E-state index in [0.29, 0.717) is 0 Å². The van der Waals surface area contributed by atoms with Gasteiger partial charge in [-0.1, -0.05) is 202 Å². The summed E-state index contributed by atoms with van der Waals surface area (Å²) in [5, 5.41) is 7.38. The fourth-order valence-electron chi connectivity index (χ4n) is 11.4. The Hall–Kier alpha value is -4.82. The molecule has 1 atom stereocenters. The highest BCUT2D eigenvalue weighted by molar-refractivity contribution is 7.80. The summed E-state index contributed by atoms with van der Waals surface area (Å²) in [7, 11) is 4.70. The van der Waals surface area contributed by atoms with E-state index < -0.39 is 21.3 Å². The van der Waals surface area contributed by atoms with Crippen LogP contribution < -0.4 is 55.5 Å². The lowest BCUT2D eigenvalue weighted by atomic mass is 9.76. The van der Waals surface area contributed by atoms with Crippen molar-refractivity contribution in [2.45, 2.75) is 203 Å². The van der Waals surface area contributed by atoms with Crippen molar-refractivity contribution in [2.24, 2.45) is 0 Å². The van der Waals surface area contributed by atoms with E-state index in [0.717, 1.165) is 34.5 Å². The van der Waals surface area contributed by atoms with Gasteiger partial charge >= 0.3 is 0 Å². The largest absolute Gasteiger partial charge is 0.496 e. The SMILES string of the molecule is COc1ccc(P(c2cc(C(C)(C)C)c(OC)c(C(C)(C)C)c2)c2cccc3c2Oc2c(P(c4cc(C(C)(C)C)c(OC)c(C(C)(C)C)c4)c4cc(C(C)(C)C)c(OC)c(C(C)(C)C)c4)cccc2C3(C)C)cc1C(C)(C)C. The molecule has 78 heavy (non-hydrogen) atoms. The Morgan fingerprint density at radius 3 is 0.859 bits per heavy atom. The summed E-state index contributed by atoms with van der Waals surface area (Å²) in [4.78, 5) is 0. The van der Waals surface area contributed by atoms with E-state index in [2.05, 4.69) is 250 Å². The van der Waals surface area contributed by atoms with Crippen LogP contribution in [0, 0.1) is 0 Å². The number of para-hydroxylation sites is 2. The zero-order valence-electron chi connectivity index (χ0n) is 53.1. The van der Waals surface area contributed by atoms with Crippen molar-refractivity contribution in [1.29, 1.82) is 0 Å². The fourth-order valence-corrected chi connectivity index (χ4v) is 16.3. The van der Waals surface area contributed by atoms with Gasteiger partial charge in [0.05, 0.1) is 28.4 Å². The van der Waals surface area contributed by atoms with Crippen LogP contribution in [0.5, 0.6) is 34.5 Å². The molecule has 0 radical (unpaired) electrons. The lowest BCUT2D eigenvalue weighted by Crippen LogP contribution is -2.34. The molecule has 0 fully saturated rings. The highest BCUT2D eigenvalue weighted by Gasteiger charge is 2.42. The van der Waals surface area contributed by atoms with E-state index in [1.54, 1.807) is 7.11 Å². The highest BCUT2D eigenvalue weighted by atomic mass is 31.1. The molecule has 0 N–H and O–H groups in total. The van der Waals surface area contributed by atoms with Gasteiger partial charge in [0.15, 0.2) is 0 Å². The van der Waals surface area contributed by atoms with Crippen molar-refractivity contribution in [2.75, 3.05) is 28.4 Å². The summed E-state index contributed by atoms with van der Waals surface area (Å²) in [5.41, 5.74) is 8.79. The van der Waals surface area contributed by atoms with E-state index in [-0.39, 0.29) is 37.9 Å². The van der Waals surface area contributed by atoms with Gasteiger partial charge in [-0.2, -0.15) is 0 Å². The second-order valence-electron chi connectivity index (χ2n) is 29.6. The second kappa shape index (κ2) is 20.9. The maximum absolute atomic E-state index is 8.02. The zero-order chi connectivity index (χ0) is 58.4. The van der Waals surface area contributed by atoms with Gasteiger partial charge in [0.25, 0.3) is 0 Å². The molecule has 6 aromatic rings. The molecule has 420 valence electrons. The molecular formula is C71H96O5P2. The topological polar surface area (TPSA) is 46.2 Å². The Bertz CT molecular complexity index is 3030. The Labute approximate surface area is 475 Å². The molecule has 0 saturated carbocycles. The molecule has 1 heterocycles. The fraction of sp³-hybridized carbons (Fsp3) is 0.493. The summed E-state index contributed by atoms with van der Waals surface area (Å²) in [6.07, 6.45) is 0. The van der Waals surface area contributed by atoms with E-state index in [1.807, 2.05) is 21.3 Å². The van der Waals surface area contributed by atoms with E-state index in [4.69, 9.17) is 23.7 Å². The van der Waals surface area contributed by atoms with Gasteiger partial charge in [-0.3, -0.25) is 0 Å². The molecule has 0 aliphatic carbocycles. The molecule has 0 aromatic heterocycles. The standard InChI is InChI=1S/C71H96O5P2/c1-64(2,3)49-36-43(34-35-56(49)72-24)77(44-37-50(65(4,5)6)59(73-25)51(38-44)66(7,8)9)57-32-28-30-47-62(57)76-63-48(71(47,22)23)31-29-33-58(63)78(45-39-52(67(10,11)12)60(74-26)53(40-45)68(13,14)15)46-41-54(69(16,17)18)61(75-27)55(42-46)70(19,20)21/h28-42H,1-27H3. The molecule has 1 unspecified atom stereocenters. The molecule has 7 rings (SSSR count). The molecule has 5 nitrogen and oxygen atoms in total. The van der Waals surface area contributed by atoms with Crippen LogP contribution in [0.25, 0.3) is 0 Å². The Balaban J connectivity index is 1.66. The third-order valence-electron chi connectivity index (χ3n) is 15.7. The minimum atomic E-state index is -1.31. The van der Waals surface area contributed by atoms with Crippen molar-refractivity contribution in [3.8, 4) is 34.5 Å². The number of rotatable bonds is 10. The van der Waals surface area contributed by atoms with Crippen molar-refractivity contribution in [1.82, 2.24) is 0 Å². The molecule has 0 amide bonds. The first-order valence-corrected chi connectivity index (χ1v) is 30.8. The van der Waals surface area contributed by atoms with Crippen LogP contribution in [0.2, 0.25) is 0 Å². The quantitative estimate of drug-likeness (QED) is 0.128. The number of ether oxygens (including phenoxy) is 5. The maximum atomic E-state index is 8.02. The predicted molar refractivity (Wildman–Crippen MR) is 340 cm³/mol. The monoisotopic (exact) mass is 1090 g/mol. The summed E-state index contributed by atoms with van der Waals surface area (Å²) < 4.78 is 33.5. The lowest BCUT2D eigenvalue weighted by Gasteiger charge is -2.39. The van der Waals surface area contributed by atoms with Crippen LogP contribution in [0.4, 0.5) is 0 Å². The minimum absolute atomic E-state index is 0.183. The normalized spacial score (nSPS) is 14.6. The highest BCUT2D eigenvalue weighted by Crippen LogP contribution is 2.55. The first kappa shape index (κ1) is 60.8. The number of benzene rings is 6. The van der Waals surface area contributed by atoms with E-state index in [1.165, 1.54) is 81.9 Å². The van der Waals surface area contributed by atoms with Gasteiger partial charge in [-0.15, -0.1) is 0 Å². The number of hydrogen-bond acceptors (Lipinski definition) is 5. The van der Waals surface area contributed by atoms with Crippen molar-refractivity contribution in [3.63, 3.8) is 0 Å². The molecule has 1 aliphatic heterocycles. The minimum Gasteiger partial charge on any atom is -0.496 e. The average Bonchev–Trinajstić information content (AvgIpc) is 3.40. The summed E-state index contributed by atoms with van der Waals surface area (Å²) in [6.45, 7) is 53.2. The maximum Gasteiger partial charge on any atom is 0.139 e. The van der Waals surface area contributed by atoms with Crippen LogP contribution in [0.1, 0.15) is 209 Å². The van der Waals surface area contributed by atoms with Crippen LogP contribution >= 0.6 is 15.8 Å². The van der Waals surface area contributed by atoms with E-state index >= 15 is 0 Å². The average molecular weight is 1090 g/mol. The van der Waals surface area contributed by atoms with Crippen molar-refractivity contribution >= 4 is 47.7 Å². The van der Waals surface area contributed by atoms with Gasteiger partial charge in [-0.25, -0.2) is 0 Å². The summed E-state index contributed by atoms with van der Waals surface area (Å²) in [6, 6.07) is 35.5. The molecular weight excluding hydrogens is 995 g/mol. The van der Waals surface area contributed by atoms with Crippen LogP contribution in [0.15, 0.2) is 91.0 Å². The van der Waals surface area contributed by atoms with Gasteiger partial charge in [0.1, 0.15) is 34.5 Å². The number of methoxy groups -OCH3 is 4. The predicted octanol–water partition coefficient (Wildman–Crippen LogP) is 16.8. The number of fused-ring (bicyclic) bond motifs is 2. The first-order valence-electron chi connectivity index (χ1n) is 28.1. The van der Waals surface area contributed by atoms with E-state index in [9.17, 15) is 0 Å². The second-order valence-corrected chi connectivity index (χ2v) is 33.9. The Morgan fingerprint density at radius 2 is 0.603 bits per heavy atom. The Morgan fingerprint density at radius 1 is 0.333 bits per heavy atom. The lowest BCUT2D eigenvalue weighted by molar-refractivity contribution is 0.381. The van der Waals surface area contributed by atoms with Gasteiger partial charge < -0.3 is 23.7 Å². The van der Waals surface area contributed by atoms with Crippen LogP contribution in [0.3, 0.4) is 0 Å². The molecule has 0 spiro atoms. The zero-order valence-corrected chi connectivity index (χ0v) is 54.9.